The molecule has 0 saturated heterocycles. The van der Waals surface area contributed by atoms with Crippen LogP contribution in [-0.4, -0.2) is 16.5 Å². The third-order valence-electron chi connectivity index (χ3n) is 6.57. The van der Waals surface area contributed by atoms with Gasteiger partial charge in [0.25, 0.3) is 0 Å². The molecule has 0 spiro atoms. The lowest BCUT2D eigenvalue weighted by molar-refractivity contribution is 0.0826. The number of aromatic nitrogens is 1. The summed E-state index contributed by atoms with van der Waals surface area (Å²) in [6.45, 7) is 3.90. The highest BCUT2D eigenvalue weighted by atomic mass is 19.1. The van der Waals surface area contributed by atoms with Gasteiger partial charge in [0.05, 0.1) is 11.4 Å². The Morgan fingerprint density at radius 3 is 2.53 bits per heavy atom. The third-order valence-corrected chi connectivity index (χ3v) is 6.57. The molecular weight excluding hydrogens is 451 g/mol. The standard InChI is InChI=1S/C31H27FN2O2/c1-20-11-12-26(27(32)14-20)23-16-24(29-19-31(36-34-29)28-10-6-7-13-33-28)18-25(17-23)30(35)15-21(2)22-8-4-3-5-9-22/h3-14,16-18,21,31H,15,19H2,1-2H3/t21-,31?/m0/s1. The first kappa shape index (κ1) is 23.6. The summed E-state index contributed by atoms with van der Waals surface area (Å²) in [5.74, 6) is -0.260. The quantitative estimate of drug-likeness (QED) is 0.259. The van der Waals surface area contributed by atoms with E-state index in [1.165, 1.54) is 6.07 Å². The average molecular weight is 479 g/mol. The maximum absolute atomic E-state index is 14.9. The molecule has 4 nitrogen and oxygen atoms in total. The van der Waals surface area contributed by atoms with Crippen LogP contribution in [0.4, 0.5) is 4.39 Å². The summed E-state index contributed by atoms with van der Waals surface area (Å²) < 4.78 is 14.9. The predicted octanol–water partition coefficient (Wildman–Crippen LogP) is 7.44. The number of oxime groups is 1. The van der Waals surface area contributed by atoms with Crippen LogP contribution in [0.5, 0.6) is 0 Å². The van der Waals surface area contributed by atoms with E-state index in [1.54, 1.807) is 18.3 Å². The Balaban J connectivity index is 1.49. The molecule has 1 aliphatic heterocycles. The molecule has 180 valence electrons. The van der Waals surface area contributed by atoms with Crippen LogP contribution in [-0.2, 0) is 4.84 Å². The van der Waals surface area contributed by atoms with Gasteiger partial charge in [0.15, 0.2) is 11.9 Å². The number of aryl methyl sites for hydroxylation is 1. The number of halogens is 1. The van der Waals surface area contributed by atoms with Crippen molar-refractivity contribution in [3.8, 4) is 11.1 Å². The number of carbonyl (C=O) groups is 1. The summed E-state index contributed by atoms with van der Waals surface area (Å²) in [7, 11) is 0. The molecule has 0 amide bonds. The minimum Gasteiger partial charge on any atom is -0.385 e. The first-order valence-corrected chi connectivity index (χ1v) is 12.1. The van der Waals surface area contributed by atoms with Crippen molar-refractivity contribution in [1.29, 1.82) is 0 Å². The van der Waals surface area contributed by atoms with Gasteiger partial charge in [-0.05, 0) is 65.9 Å². The fourth-order valence-electron chi connectivity index (χ4n) is 4.53. The second-order valence-electron chi connectivity index (χ2n) is 9.31. The fraction of sp³-hybridized carbons (Fsp3) is 0.194. The predicted molar refractivity (Wildman–Crippen MR) is 140 cm³/mol. The second kappa shape index (κ2) is 10.2. The van der Waals surface area contributed by atoms with E-state index < -0.39 is 0 Å². The molecule has 5 heteroatoms. The summed E-state index contributed by atoms with van der Waals surface area (Å²) >= 11 is 0. The van der Waals surface area contributed by atoms with E-state index >= 15 is 0 Å². The molecule has 36 heavy (non-hydrogen) atoms. The minimum atomic E-state index is -0.320. The number of pyridine rings is 1. The highest BCUT2D eigenvalue weighted by Gasteiger charge is 2.26. The normalized spacial score (nSPS) is 15.8. The smallest absolute Gasteiger partial charge is 0.174 e. The van der Waals surface area contributed by atoms with E-state index in [9.17, 15) is 9.18 Å². The van der Waals surface area contributed by atoms with Crippen molar-refractivity contribution in [2.45, 2.75) is 38.7 Å². The van der Waals surface area contributed by atoms with E-state index in [0.717, 1.165) is 22.4 Å². The Bertz CT molecular complexity index is 1420. The van der Waals surface area contributed by atoms with Gasteiger partial charge >= 0.3 is 0 Å². The highest BCUT2D eigenvalue weighted by Crippen LogP contribution is 2.32. The van der Waals surface area contributed by atoms with Crippen LogP contribution < -0.4 is 0 Å². The number of ketones is 1. The number of rotatable bonds is 7. The summed E-state index contributed by atoms with van der Waals surface area (Å²) in [5, 5.41) is 4.32. The lowest BCUT2D eigenvalue weighted by atomic mass is 9.89. The number of hydrogen-bond donors (Lipinski definition) is 0. The summed E-state index contributed by atoms with van der Waals surface area (Å²) in [5.41, 5.74) is 5.84. The van der Waals surface area contributed by atoms with Gasteiger partial charge in [-0.2, -0.15) is 0 Å². The Morgan fingerprint density at radius 1 is 1.00 bits per heavy atom. The van der Waals surface area contributed by atoms with Crippen LogP contribution in [0.15, 0.2) is 96.3 Å². The largest absolute Gasteiger partial charge is 0.385 e. The third kappa shape index (κ3) is 5.10. The lowest BCUT2D eigenvalue weighted by Crippen LogP contribution is -2.08. The zero-order valence-corrected chi connectivity index (χ0v) is 20.3. The molecule has 5 rings (SSSR count). The number of hydrogen-bond acceptors (Lipinski definition) is 4. The molecule has 0 radical (unpaired) electrons. The summed E-state index contributed by atoms with van der Waals surface area (Å²) in [6.07, 6.45) is 2.30. The van der Waals surface area contributed by atoms with Crippen molar-refractivity contribution < 1.29 is 14.0 Å². The van der Waals surface area contributed by atoms with Gasteiger partial charge in [-0.15, -0.1) is 0 Å². The van der Waals surface area contributed by atoms with Gasteiger partial charge in [0.1, 0.15) is 5.82 Å². The molecule has 1 unspecified atom stereocenters. The molecule has 0 N–H and O–H groups in total. The van der Waals surface area contributed by atoms with Gasteiger partial charge in [-0.25, -0.2) is 4.39 Å². The van der Waals surface area contributed by atoms with E-state index in [4.69, 9.17) is 4.84 Å². The Hall–Kier alpha value is -4.12. The Kier molecular flexibility index (Phi) is 6.72. The van der Waals surface area contributed by atoms with Crippen molar-refractivity contribution in [2.24, 2.45) is 5.16 Å². The van der Waals surface area contributed by atoms with Crippen LogP contribution in [0.2, 0.25) is 0 Å². The second-order valence-corrected chi connectivity index (χ2v) is 9.31. The van der Waals surface area contributed by atoms with Crippen LogP contribution >= 0.6 is 0 Å². The minimum absolute atomic E-state index is 0.00256. The number of benzene rings is 3. The maximum atomic E-state index is 14.9. The molecule has 3 aromatic carbocycles. The average Bonchev–Trinajstić information content (AvgIpc) is 3.40. The first-order chi connectivity index (χ1) is 17.5. The molecule has 2 heterocycles. The molecule has 2 atom stereocenters. The highest BCUT2D eigenvalue weighted by molar-refractivity contribution is 6.06. The first-order valence-electron chi connectivity index (χ1n) is 12.1. The fourth-order valence-corrected chi connectivity index (χ4v) is 4.53. The molecule has 0 fully saturated rings. The van der Waals surface area contributed by atoms with Crippen LogP contribution in [0, 0.1) is 12.7 Å². The van der Waals surface area contributed by atoms with Crippen LogP contribution in [0.25, 0.3) is 11.1 Å². The zero-order chi connectivity index (χ0) is 25.1. The Morgan fingerprint density at radius 2 is 1.78 bits per heavy atom. The zero-order valence-electron chi connectivity index (χ0n) is 20.3. The van der Waals surface area contributed by atoms with Gasteiger partial charge in [-0.3, -0.25) is 9.78 Å². The van der Waals surface area contributed by atoms with Crippen LogP contribution in [0.1, 0.15) is 64.5 Å². The number of carbonyl (C=O) groups excluding carboxylic acids is 1. The monoisotopic (exact) mass is 478 g/mol. The topological polar surface area (TPSA) is 51.5 Å². The van der Waals surface area contributed by atoms with Crippen molar-refractivity contribution in [3.05, 3.63) is 125 Å². The Labute approximate surface area is 210 Å². The number of nitrogens with zero attached hydrogens (tertiary/aromatic N) is 2. The van der Waals surface area contributed by atoms with Crippen LogP contribution in [0.3, 0.4) is 0 Å². The van der Waals surface area contributed by atoms with E-state index in [-0.39, 0.29) is 23.6 Å². The van der Waals surface area contributed by atoms with Gasteiger partial charge in [-0.1, -0.05) is 60.6 Å². The molecule has 0 bridgehead atoms. The maximum Gasteiger partial charge on any atom is 0.174 e. The van der Waals surface area contributed by atoms with Crippen molar-refractivity contribution in [1.82, 2.24) is 4.98 Å². The van der Waals surface area contributed by atoms with Gasteiger partial charge in [0.2, 0.25) is 0 Å². The molecule has 4 aromatic rings. The number of Topliss-reactive ketones (excluding diaryl/α,β-unsaturated/α-hetero) is 1. The van der Waals surface area contributed by atoms with E-state index in [1.807, 2.05) is 80.6 Å². The SMILES string of the molecule is Cc1ccc(-c2cc(C(=O)C[C@H](C)c3ccccc3)cc(C3=NOC(c4ccccn4)C3)c2)c(F)c1. The van der Waals surface area contributed by atoms with Crippen molar-refractivity contribution in [2.75, 3.05) is 0 Å². The van der Waals surface area contributed by atoms with Gasteiger partial charge < -0.3 is 4.84 Å². The molecule has 1 aromatic heterocycles. The summed E-state index contributed by atoms with van der Waals surface area (Å²) in [4.78, 5) is 23.5. The molecular formula is C31H27FN2O2. The summed E-state index contributed by atoms with van der Waals surface area (Å²) in [6, 6.07) is 26.3. The van der Waals surface area contributed by atoms with Gasteiger partial charge in [0, 0.05) is 35.7 Å². The molecule has 1 aliphatic rings. The van der Waals surface area contributed by atoms with Crippen molar-refractivity contribution >= 4 is 11.5 Å². The molecule has 0 aliphatic carbocycles. The van der Waals surface area contributed by atoms with E-state index in [2.05, 4.69) is 10.1 Å². The van der Waals surface area contributed by atoms with Crippen molar-refractivity contribution in [3.63, 3.8) is 0 Å². The molecule has 0 saturated carbocycles. The van der Waals surface area contributed by atoms with E-state index in [0.29, 0.717) is 35.2 Å². The lowest BCUT2D eigenvalue weighted by Gasteiger charge is -2.14.